The largest absolute Gasteiger partial charge is 0.379 e. The zero-order chi connectivity index (χ0) is 12.3. The summed E-state index contributed by atoms with van der Waals surface area (Å²) in [4.78, 5) is 0. The maximum Gasteiger partial charge on any atom is 0.181 e. The van der Waals surface area contributed by atoms with E-state index in [4.69, 9.17) is 0 Å². The fraction of sp³-hybridized carbons (Fsp3) is 0.0769. The van der Waals surface area contributed by atoms with Gasteiger partial charge in [-0.25, -0.2) is 8.78 Å². The fourth-order valence-electron chi connectivity index (χ4n) is 1.44. The standard InChI is InChI=1S/C13H10F2IN/c14-11-2-1-3-12(13(11)15)17-8-9-4-6-10(16)7-5-9/h1-7,17H,8H2. The maximum atomic E-state index is 13.3. The Kier molecular flexibility index (Phi) is 3.93. The summed E-state index contributed by atoms with van der Waals surface area (Å²) in [6.45, 7) is 0.470. The zero-order valence-electron chi connectivity index (χ0n) is 8.88. The molecule has 0 aliphatic heterocycles. The van der Waals surface area contributed by atoms with Crippen LogP contribution in [0.3, 0.4) is 0 Å². The summed E-state index contributed by atoms with van der Waals surface area (Å²) in [7, 11) is 0. The van der Waals surface area contributed by atoms with E-state index in [2.05, 4.69) is 27.9 Å². The Morgan fingerprint density at radius 1 is 1.00 bits per heavy atom. The normalized spacial score (nSPS) is 10.3. The third kappa shape index (κ3) is 3.15. The summed E-state index contributed by atoms with van der Waals surface area (Å²) in [6.07, 6.45) is 0. The molecule has 0 aliphatic rings. The van der Waals surface area contributed by atoms with Crippen molar-refractivity contribution in [2.45, 2.75) is 6.54 Å². The van der Waals surface area contributed by atoms with E-state index in [1.54, 1.807) is 0 Å². The van der Waals surface area contributed by atoms with Crippen molar-refractivity contribution in [2.24, 2.45) is 0 Å². The van der Waals surface area contributed by atoms with Crippen molar-refractivity contribution in [2.75, 3.05) is 5.32 Å². The Morgan fingerprint density at radius 3 is 2.41 bits per heavy atom. The number of benzene rings is 2. The van der Waals surface area contributed by atoms with Crippen molar-refractivity contribution in [3.8, 4) is 0 Å². The van der Waals surface area contributed by atoms with Gasteiger partial charge >= 0.3 is 0 Å². The van der Waals surface area contributed by atoms with Crippen molar-refractivity contribution in [3.05, 3.63) is 63.2 Å². The molecule has 2 aromatic carbocycles. The lowest BCUT2D eigenvalue weighted by Gasteiger charge is -2.08. The Bertz CT molecular complexity index is 511. The number of rotatable bonds is 3. The molecule has 1 N–H and O–H groups in total. The monoisotopic (exact) mass is 345 g/mol. The van der Waals surface area contributed by atoms with Crippen LogP contribution in [0.25, 0.3) is 0 Å². The van der Waals surface area contributed by atoms with Crippen LogP contribution in [0.1, 0.15) is 5.56 Å². The van der Waals surface area contributed by atoms with Crippen LogP contribution >= 0.6 is 22.6 Å². The third-order valence-electron chi connectivity index (χ3n) is 2.35. The van der Waals surface area contributed by atoms with Gasteiger partial charge in [0.25, 0.3) is 0 Å². The van der Waals surface area contributed by atoms with Gasteiger partial charge in [-0.15, -0.1) is 0 Å². The summed E-state index contributed by atoms with van der Waals surface area (Å²) >= 11 is 2.22. The highest BCUT2D eigenvalue weighted by Crippen LogP contribution is 2.17. The summed E-state index contributed by atoms with van der Waals surface area (Å²) in [6, 6.07) is 11.9. The van der Waals surface area contributed by atoms with Gasteiger partial charge in [-0.1, -0.05) is 18.2 Å². The Hall–Kier alpha value is -1.17. The number of hydrogen-bond donors (Lipinski definition) is 1. The fourth-order valence-corrected chi connectivity index (χ4v) is 1.80. The smallest absolute Gasteiger partial charge is 0.181 e. The first-order valence-corrected chi connectivity index (χ1v) is 6.17. The number of nitrogens with one attached hydrogen (secondary N) is 1. The van der Waals surface area contributed by atoms with Crippen molar-refractivity contribution >= 4 is 28.3 Å². The van der Waals surface area contributed by atoms with Gasteiger partial charge in [-0.2, -0.15) is 0 Å². The molecule has 0 fully saturated rings. The van der Waals surface area contributed by atoms with Gasteiger partial charge in [-0.3, -0.25) is 0 Å². The number of anilines is 1. The van der Waals surface area contributed by atoms with Gasteiger partial charge in [0, 0.05) is 10.1 Å². The van der Waals surface area contributed by atoms with E-state index in [0.717, 1.165) is 15.2 Å². The molecule has 4 heteroatoms. The lowest BCUT2D eigenvalue weighted by molar-refractivity contribution is 0.511. The van der Waals surface area contributed by atoms with E-state index in [1.165, 1.54) is 12.1 Å². The molecule has 2 aromatic rings. The Balaban J connectivity index is 2.07. The molecule has 0 aliphatic carbocycles. The molecule has 0 saturated heterocycles. The molecule has 2 rings (SSSR count). The quantitative estimate of drug-likeness (QED) is 0.823. The second kappa shape index (κ2) is 5.44. The minimum Gasteiger partial charge on any atom is -0.379 e. The van der Waals surface area contributed by atoms with Crippen LogP contribution in [0.2, 0.25) is 0 Å². The van der Waals surface area contributed by atoms with Crippen molar-refractivity contribution < 1.29 is 8.78 Å². The predicted molar refractivity (Wildman–Crippen MR) is 72.8 cm³/mol. The average Bonchev–Trinajstić information content (AvgIpc) is 2.33. The minimum atomic E-state index is -0.836. The summed E-state index contributed by atoms with van der Waals surface area (Å²) in [5.41, 5.74) is 1.21. The molecule has 0 spiro atoms. The minimum absolute atomic E-state index is 0.184. The van der Waals surface area contributed by atoms with Crippen LogP contribution in [0.15, 0.2) is 42.5 Å². The molecule has 0 aromatic heterocycles. The van der Waals surface area contributed by atoms with E-state index < -0.39 is 11.6 Å². The van der Waals surface area contributed by atoms with E-state index >= 15 is 0 Å². The Labute approximate surface area is 112 Å². The number of hydrogen-bond acceptors (Lipinski definition) is 1. The van der Waals surface area contributed by atoms with E-state index in [0.29, 0.717) is 6.54 Å². The van der Waals surface area contributed by atoms with Gasteiger partial charge in [0.1, 0.15) is 0 Å². The van der Waals surface area contributed by atoms with E-state index in [9.17, 15) is 8.78 Å². The maximum absolute atomic E-state index is 13.3. The summed E-state index contributed by atoms with van der Waals surface area (Å²) in [5.74, 6) is -1.67. The molecule has 0 unspecified atom stereocenters. The Morgan fingerprint density at radius 2 is 1.71 bits per heavy atom. The highest BCUT2D eigenvalue weighted by atomic mass is 127. The van der Waals surface area contributed by atoms with Crippen LogP contribution in [-0.4, -0.2) is 0 Å². The van der Waals surface area contributed by atoms with Gasteiger partial charge in [0.05, 0.1) is 5.69 Å². The second-order valence-electron chi connectivity index (χ2n) is 3.58. The molecule has 0 bridgehead atoms. The lowest BCUT2D eigenvalue weighted by Crippen LogP contribution is -2.02. The van der Waals surface area contributed by atoms with Crippen LogP contribution < -0.4 is 5.32 Å². The highest BCUT2D eigenvalue weighted by molar-refractivity contribution is 14.1. The van der Waals surface area contributed by atoms with Crippen molar-refractivity contribution in [3.63, 3.8) is 0 Å². The molecule has 1 nitrogen and oxygen atoms in total. The molecule has 88 valence electrons. The first-order valence-electron chi connectivity index (χ1n) is 5.09. The molecule has 0 amide bonds. The molecule has 17 heavy (non-hydrogen) atoms. The third-order valence-corrected chi connectivity index (χ3v) is 3.07. The predicted octanol–water partition coefficient (Wildman–Crippen LogP) is 4.18. The summed E-state index contributed by atoms with van der Waals surface area (Å²) in [5, 5.41) is 2.87. The molecule has 0 atom stereocenters. The van der Waals surface area contributed by atoms with E-state index in [-0.39, 0.29) is 5.69 Å². The SMILES string of the molecule is Fc1cccc(NCc2ccc(I)cc2)c1F. The molecule has 0 saturated carbocycles. The van der Waals surface area contributed by atoms with Crippen LogP contribution in [-0.2, 0) is 6.54 Å². The van der Waals surface area contributed by atoms with Crippen LogP contribution in [0.5, 0.6) is 0 Å². The van der Waals surface area contributed by atoms with Gasteiger partial charge in [0.2, 0.25) is 0 Å². The molecule has 0 heterocycles. The van der Waals surface area contributed by atoms with Gasteiger partial charge < -0.3 is 5.32 Å². The zero-order valence-corrected chi connectivity index (χ0v) is 11.0. The van der Waals surface area contributed by atoms with Gasteiger partial charge in [-0.05, 0) is 52.4 Å². The van der Waals surface area contributed by atoms with Crippen molar-refractivity contribution in [1.82, 2.24) is 0 Å². The molecular formula is C13H10F2IN. The number of halogens is 3. The second-order valence-corrected chi connectivity index (χ2v) is 4.83. The van der Waals surface area contributed by atoms with Crippen LogP contribution in [0, 0.1) is 15.2 Å². The van der Waals surface area contributed by atoms with Gasteiger partial charge in [0.15, 0.2) is 11.6 Å². The first kappa shape index (κ1) is 12.3. The first-order chi connectivity index (χ1) is 8.16. The topological polar surface area (TPSA) is 12.0 Å². The van der Waals surface area contributed by atoms with Crippen molar-refractivity contribution in [1.29, 1.82) is 0 Å². The lowest BCUT2D eigenvalue weighted by atomic mass is 10.2. The summed E-state index contributed by atoms with van der Waals surface area (Å²) < 4.78 is 27.4. The highest BCUT2D eigenvalue weighted by Gasteiger charge is 2.06. The average molecular weight is 345 g/mol. The molecular weight excluding hydrogens is 335 g/mol. The van der Waals surface area contributed by atoms with Crippen LogP contribution in [0.4, 0.5) is 14.5 Å². The van der Waals surface area contributed by atoms with E-state index in [1.807, 2.05) is 24.3 Å². The molecule has 0 radical (unpaired) electrons.